The first-order chi connectivity index (χ1) is 14.8. The number of piperazine rings is 1. The lowest BCUT2D eigenvalue weighted by Crippen LogP contribution is -2.51. The topological polar surface area (TPSA) is 61.9 Å². The maximum atomic E-state index is 12.6. The number of nitrogens with one attached hydrogen (secondary N) is 1. The second-order valence-corrected chi connectivity index (χ2v) is 8.45. The van der Waals surface area contributed by atoms with E-state index < -0.39 is 0 Å². The van der Waals surface area contributed by atoms with Crippen LogP contribution in [0.4, 0.5) is 5.69 Å². The van der Waals surface area contributed by atoms with E-state index in [0.717, 1.165) is 28.1 Å². The quantitative estimate of drug-likeness (QED) is 0.739. The molecule has 0 unspecified atom stereocenters. The molecule has 0 bridgehead atoms. The van der Waals surface area contributed by atoms with Crippen molar-refractivity contribution in [3.63, 3.8) is 0 Å². The number of hydrogen-bond acceptors (Lipinski definition) is 4. The van der Waals surface area contributed by atoms with Gasteiger partial charge in [-0.15, -0.1) is 0 Å². The summed E-state index contributed by atoms with van der Waals surface area (Å²) in [5.41, 5.74) is 4.11. The predicted octanol–water partition coefficient (Wildman–Crippen LogP) is 3.59. The molecule has 1 aliphatic heterocycles. The number of carbonyl (C=O) groups is 2. The molecule has 0 aliphatic carbocycles. The van der Waals surface area contributed by atoms with Gasteiger partial charge in [0.1, 0.15) is 5.75 Å². The Morgan fingerprint density at radius 3 is 2.26 bits per heavy atom. The molecule has 1 heterocycles. The first kappa shape index (κ1) is 22.8. The molecule has 166 valence electrons. The highest BCUT2D eigenvalue weighted by molar-refractivity contribution is 5.93. The van der Waals surface area contributed by atoms with Gasteiger partial charge in [0, 0.05) is 31.9 Å². The Labute approximate surface area is 185 Å². The average molecular weight is 424 g/mol. The summed E-state index contributed by atoms with van der Waals surface area (Å²) < 4.78 is 5.82. The number of benzene rings is 2. The largest absolute Gasteiger partial charge is 0.483 e. The van der Waals surface area contributed by atoms with Gasteiger partial charge in [-0.1, -0.05) is 50.2 Å². The van der Waals surface area contributed by atoms with Crippen LogP contribution < -0.4 is 10.1 Å². The molecule has 0 saturated carbocycles. The summed E-state index contributed by atoms with van der Waals surface area (Å²) >= 11 is 0. The van der Waals surface area contributed by atoms with E-state index in [2.05, 4.69) is 24.1 Å². The van der Waals surface area contributed by atoms with Gasteiger partial charge in [0.05, 0.1) is 6.54 Å². The molecular formula is C25H33N3O3. The SMILES string of the molecule is Cc1cccc(C)c1NC(=O)CN1CCN(C(=O)COc2ccccc2C(C)C)CC1. The van der Waals surface area contributed by atoms with Crippen LogP contribution in [0.5, 0.6) is 5.75 Å². The lowest BCUT2D eigenvalue weighted by Gasteiger charge is -2.34. The zero-order valence-electron chi connectivity index (χ0n) is 19.0. The van der Waals surface area contributed by atoms with Gasteiger partial charge in [0.2, 0.25) is 5.91 Å². The van der Waals surface area contributed by atoms with Crippen molar-refractivity contribution in [3.05, 3.63) is 59.2 Å². The molecule has 0 aromatic heterocycles. The van der Waals surface area contributed by atoms with E-state index in [9.17, 15) is 9.59 Å². The van der Waals surface area contributed by atoms with E-state index >= 15 is 0 Å². The summed E-state index contributed by atoms with van der Waals surface area (Å²) in [6.07, 6.45) is 0. The smallest absolute Gasteiger partial charge is 0.260 e. The first-order valence-electron chi connectivity index (χ1n) is 10.9. The van der Waals surface area contributed by atoms with Crippen LogP contribution in [0.2, 0.25) is 0 Å². The monoisotopic (exact) mass is 423 g/mol. The molecule has 1 aliphatic rings. The molecule has 1 saturated heterocycles. The van der Waals surface area contributed by atoms with Crippen LogP contribution in [-0.4, -0.2) is 60.9 Å². The van der Waals surface area contributed by atoms with Crippen molar-refractivity contribution in [2.45, 2.75) is 33.6 Å². The fraction of sp³-hybridized carbons (Fsp3) is 0.440. The third-order valence-corrected chi connectivity index (χ3v) is 5.73. The van der Waals surface area contributed by atoms with Crippen molar-refractivity contribution in [2.24, 2.45) is 0 Å². The van der Waals surface area contributed by atoms with Gasteiger partial charge in [0.25, 0.3) is 5.91 Å². The van der Waals surface area contributed by atoms with Crippen molar-refractivity contribution < 1.29 is 14.3 Å². The third-order valence-electron chi connectivity index (χ3n) is 5.73. The highest BCUT2D eigenvalue weighted by Gasteiger charge is 2.23. The summed E-state index contributed by atoms with van der Waals surface area (Å²) in [5.74, 6) is 1.07. The molecule has 2 aromatic carbocycles. The maximum Gasteiger partial charge on any atom is 0.260 e. The standard InChI is InChI=1S/C25H33N3O3/c1-18(2)21-10-5-6-11-22(21)31-17-24(30)28-14-12-27(13-15-28)16-23(29)26-25-19(3)8-7-9-20(25)4/h5-11,18H,12-17H2,1-4H3,(H,26,29). The van der Waals surface area contributed by atoms with E-state index in [-0.39, 0.29) is 18.4 Å². The zero-order valence-corrected chi connectivity index (χ0v) is 19.0. The molecule has 6 nitrogen and oxygen atoms in total. The highest BCUT2D eigenvalue weighted by Crippen LogP contribution is 2.26. The Morgan fingerprint density at radius 2 is 1.61 bits per heavy atom. The lowest BCUT2D eigenvalue weighted by molar-refractivity contribution is -0.135. The summed E-state index contributed by atoms with van der Waals surface area (Å²) in [4.78, 5) is 29.0. The Bertz CT molecular complexity index is 898. The van der Waals surface area contributed by atoms with Crippen molar-refractivity contribution in [3.8, 4) is 5.75 Å². The molecule has 1 fully saturated rings. The Balaban J connectivity index is 1.45. The highest BCUT2D eigenvalue weighted by atomic mass is 16.5. The first-order valence-corrected chi connectivity index (χ1v) is 10.9. The van der Waals surface area contributed by atoms with E-state index in [1.54, 1.807) is 0 Å². The third kappa shape index (κ3) is 6.07. The molecular weight excluding hydrogens is 390 g/mol. The number of anilines is 1. The summed E-state index contributed by atoms with van der Waals surface area (Å²) in [5, 5.41) is 3.03. The van der Waals surface area contributed by atoms with E-state index in [0.29, 0.717) is 38.6 Å². The van der Waals surface area contributed by atoms with Crippen LogP contribution in [0.3, 0.4) is 0 Å². The second-order valence-electron chi connectivity index (χ2n) is 8.45. The number of aryl methyl sites for hydroxylation is 2. The molecule has 2 amide bonds. The normalized spacial score (nSPS) is 14.5. The fourth-order valence-corrected chi connectivity index (χ4v) is 3.87. The Kier molecular flexibility index (Phi) is 7.69. The second kappa shape index (κ2) is 10.4. The predicted molar refractivity (Wildman–Crippen MR) is 124 cm³/mol. The molecule has 6 heteroatoms. The summed E-state index contributed by atoms with van der Waals surface area (Å²) in [6, 6.07) is 13.8. The number of rotatable bonds is 7. The number of hydrogen-bond donors (Lipinski definition) is 1. The van der Waals surface area contributed by atoms with Crippen LogP contribution in [0.1, 0.15) is 36.5 Å². The molecule has 2 aromatic rings. The van der Waals surface area contributed by atoms with Crippen LogP contribution in [0.15, 0.2) is 42.5 Å². The maximum absolute atomic E-state index is 12.6. The van der Waals surface area contributed by atoms with Crippen LogP contribution in [0.25, 0.3) is 0 Å². The van der Waals surface area contributed by atoms with Gasteiger partial charge < -0.3 is 15.0 Å². The summed E-state index contributed by atoms with van der Waals surface area (Å²) in [7, 11) is 0. The van der Waals surface area contributed by atoms with E-state index in [1.807, 2.05) is 61.2 Å². The number of carbonyl (C=O) groups excluding carboxylic acids is 2. The molecule has 0 atom stereocenters. The molecule has 0 radical (unpaired) electrons. The van der Waals surface area contributed by atoms with Crippen LogP contribution in [-0.2, 0) is 9.59 Å². The van der Waals surface area contributed by atoms with Gasteiger partial charge in [-0.3, -0.25) is 14.5 Å². The Hall–Kier alpha value is -2.86. The fourth-order valence-electron chi connectivity index (χ4n) is 3.87. The minimum absolute atomic E-state index is 0.0156. The van der Waals surface area contributed by atoms with Gasteiger partial charge in [0.15, 0.2) is 6.61 Å². The molecule has 3 rings (SSSR count). The van der Waals surface area contributed by atoms with E-state index in [4.69, 9.17) is 4.74 Å². The summed E-state index contributed by atoms with van der Waals surface area (Å²) in [6.45, 7) is 11.1. The number of amides is 2. The van der Waals surface area contributed by atoms with Crippen molar-refractivity contribution in [1.82, 2.24) is 9.80 Å². The zero-order chi connectivity index (χ0) is 22.4. The minimum atomic E-state index is -0.0224. The number of para-hydroxylation sites is 2. The van der Waals surface area contributed by atoms with Gasteiger partial charge >= 0.3 is 0 Å². The minimum Gasteiger partial charge on any atom is -0.483 e. The van der Waals surface area contributed by atoms with Crippen LogP contribution >= 0.6 is 0 Å². The number of nitrogens with zero attached hydrogens (tertiary/aromatic N) is 2. The van der Waals surface area contributed by atoms with Crippen LogP contribution in [0, 0.1) is 13.8 Å². The van der Waals surface area contributed by atoms with Crippen molar-refractivity contribution in [1.29, 1.82) is 0 Å². The Morgan fingerprint density at radius 1 is 0.968 bits per heavy atom. The molecule has 1 N–H and O–H groups in total. The number of ether oxygens (including phenoxy) is 1. The lowest BCUT2D eigenvalue weighted by atomic mass is 10.0. The molecule has 31 heavy (non-hydrogen) atoms. The van der Waals surface area contributed by atoms with Gasteiger partial charge in [-0.05, 0) is 42.5 Å². The van der Waals surface area contributed by atoms with Crippen molar-refractivity contribution >= 4 is 17.5 Å². The van der Waals surface area contributed by atoms with Gasteiger partial charge in [-0.2, -0.15) is 0 Å². The molecule has 0 spiro atoms. The van der Waals surface area contributed by atoms with Gasteiger partial charge in [-0.25, -0.2) is 0 Å². The van der Waals surface area contributed by atoms with Crippen molar-refractivity contribution in [2.75, 3.05) is 44.6 Å². The average Bonchev–Trinajstić information content (AvgIpc) is 2.75. The van der Waals surface area contributed by atoms with E-state index in [1.165, 1.54) is 0 Å².